The number of hydrogen-bond donors (Lipinski definition) is 0. The van der Waals surface area contributed by atoms with Crippen LogP contribution in [0.15, 0.2) is 180 Å². The fourth-order valence-electron chi connectivity index (χ4n) is 8.37. The summed E-state index contributed by atoms with van der Waals surface area (Å²) in [7, 11) is 0. The normalized spacial score (nSPS) is 13.1. The number of rotatable bonds is 5. The molecule has 0 amide bonds. The Hall–Kier alpha value is -6.38. The number of furan rings is 1. The lowest BCUT2D eigenvalue weighted by Crippen LogP contribution is -2.17. The third-order valence-electron chi connectivity index (χ3n) is 10.9. The van der Waals surface area contributed by atoms with Gasteiger partial charge in [0.2, 0.25) is 0 Å². The zero-order valence-corrected chi connectivity index (χ0v) is 28.6. The maximum Gasteiger partial charge on any atom is 0.137 e. The van der Waals surface area contributed by atoms with E-state index in [2.05, 4.69) is 195 Å². The summed E-state index contributed by atoms with van der Waals surface area (Å²) in [4.78, 5) is 2.47. The standard InChI is InChI=1S/C49H35NO/c1-49(2)42-20-12-11-19-40(42)41-27-26-37(31-43(41)49)50(36-24-21-33(22-25-36)32-13-5-3-6-14-32)48-39(34-15-7-4-8-16-34)28-30-45-47(48)46-38-18-10-9-17-35(38)23-29-44(46)51-45/h3-31H,1-2H3. The zero-order valence-electron chi connectivity index (χ0n) is 28.6. The molecule has 2 heteroatoms. The average Bonchev–Trinajstić information content (AvgIpc) is 3.68. The van der Waals surface area contributed by atoms with Crippen LogP contribution in [0.2, 0.25) is 0 Å². The predicted octanol–water partition coefficient (Wildman–Crippen LogP) is 13.8. The number of anilines is 3. The van der Waals surface area contributed by atoms with Gasteiger partial charge in [0, 0.05) is 27.7 Å². The molecule has 0 bridgehead atoms. The van der Waals surface area contributed by atoms with Crippen LogP contribution in [-0.2, 0) is 5.41 Å². The Morgan fingerprint density at radius 2 is 1.02 bits per heavy atom. The van der Waals surface area contributed by atoms with Crippen LogP contribution in [0, 0.1) is 0 Å². The fraction of sp³-hybridized carbons (Fsp3) is 0.0612. The van der Waals surface area contributed by atoms with E-state index < -0.39 is 0 Å². The molecule has 10 rings (SSSR count). The van der Waals surface area contributed by atoms with Gasteiger partial charge in [0.25, 0.3) is 0 Å². The minimum Gasteiger partial charge on any atom is -0.456 e. The molecule has 1 heterocycles. The maximum absolute atomic E-state index is 6.71. The molecular weight excluding hydrogens is 619 g/mol. The third kappa shape index (κ3) is 4.57. The molecular formula is C49H35NO. The first-order valence-corrected chi connectivity index (χ1v) is 17.7. The van der Waals surface area contributed by atoms with Gasteiger partial charge in [-0.3, -0.25) is 0 Å². The molecule has 8 aromatic carbocycles. The van der Waals surface area contributed by atoms with E-state index in [9.17, 15) is 0 Å². The number of fused-ring (bicyclic) bond motifs is 8. The largest absolute Gasteiger partial charge is 0.456 e. The second-order valence-electron chi connectivity index (χ2n) is 14.1. The van der Waals surface area contributed by atoms with Crippen LogP contribution in [0.1, 0.15) is 25.0 Å². The van der Waals surface area contributed by atoms with Gasteiger partial charge in [0.15, 0.2) is 0 Å². The van der Waals surface area contributed by atoms with Crippen LogP contribution in [0.5, 0.6) is 0 Å². The van der Waals surface area contributed by atoms with Gasteiger partial charge >= 0.3 is 0 Å². The second-order valence-corrected chi connectivity index (χ2v) is 14.1. The molecule has 0 aliphatic heterocycles. The number of nitrogens with zero attached hydrogens (tertiary/aromatic N) is 1. The number of hydrogen-bond acceptors (Lipinski definition) is 2. The Labute approximate surface area is 297 Å². The molecule has 1 aliphatic rings. The van der Waals surface area contributed by atoms with Gasteiger partial charge in [-0.25, -0.2) is 0 Å². The van der Waals surface area contributed by atoms with Crippen molar-refractivity contribution in [2.24, 2.45) is 0 Å². The molecule has 0 radical (unpaired) electrons. The molecule has 0 fully saturated rings. The molecule has 242 valence electrons. The summed E-state index contributed by atoms with van der Waals surface area (Å²) in [6.07, 6.45) is 0. The summed E-state index contributed by atoms with van der Waals surface area (Å²) in [5.74, 6) is 0. The van der Waals surface area contributed by atoms with Crippen molar-refractivity contribution in [2.75, 3.05) is 4.90 Å². The molecule has 1 aliphatic carbocycles. The van der Waals surface area contributed by atoms with Crippen LogP contribution in [0.4, 0.5) is 17.1 Å². The topological polar surface area (TPSA) is 16.4 Å². The molecule has 2 nitrogen and oxygen atoms in total. The Morgan fingerprint density at radius 1 is 0.431 bits per heavy atom. The van der Waals surface area contributed by atoms with E-state index in [1.165, 1.54) is 44.2 Å². The maximum atomic E-state index is 6.71. The molecule has 9 aromatic rings. The van der Waals surface area contributed by atoms with Gasteiger partial charge in [-0.05, 0) is 92.2 Å². The van der Waals surface area contributed by atoms with Crippen molar-refractivity contribution in [2.45, 2.75) is 19.3 Å². The molecule has 51 heavy (non-hydrogen) atoms. The van der Waals surface area contributed by atoms with Crippen molar-refractivity contribution >= 4 is 49.8 Å². The Balaban J connectivity index is 1.31. The van der Waals surface area contributed by atoms with E-state index in [4.69, 9.17) is 4.42 Å². The zero-order chi connectivity index (χ0) is 34.1. The minimum absolute atomic E-state index is 0.141. The summed E-state index contributed by atoms with van der Waals surface area (Å²) in [5.41, 5.74) is 14.9. The monoisotopic (exact) mass is 653 g/mol. The van der Waals surface area contributed by atoms with Crippen molar-refractivity contribution < 1.29 is 4.42 Å². The van der Waals surface area contributed by atoms with Crippen LogP contribution >= 0.6 is 0 Å². The lowest BCUT2D eigenvalue weighted by Gasteiger charge is -2.30. The van der Waals surface area contributed by atoms with Gasteiger partial charge < -0.3 is 9.32 Å². The number of benzene rings is 8. The highest BCUT2D eigenvalue weighted by molar-refractivity contribution is 6.25. The van der Waals surface area contributed by atoms with Crippen molar-refractivity contribution in [3.05, 3.63) is 187 Å². The molecule has 0 N–H and O–H groups in total. The first kappa shape index (κ1) is 29.5. The van der Waals surface area contributed by atoms with Gasteiger partial charge in [0.05, 0.1) is 11.1 Å². The summed E-state index contributed by atoms with van der Waals surface area (Å²) in [6, 6.07) is 63.6. The Bertz CT molecular complexity index is 2760. The molecule has 1 aromatic heterocycles. The lowest BCUT2D eigenvalue weighted by atomic mass is 9.82. The second kappa shape index (κ2) is 11.3. The SMILES string of the molecule is CC1(C)c2ccccc2-c2ccc(N(c3ccc(-c4ccccc4)cc3)c3c(-c4ccccc4)ccc4oc5ccc6ccccc6c5c34)cc21. The average molecular weight is 654 g/mol. The van der Waals surface area contributed by atoms with E-state index in [1.807, 2.05) is 0 Å². The van der Waals surface area contributed by atoms with Gasteiger partial charge in [0.1, 0.15) is 11.2 Å². The van der Waals surface area contributed by atoms with Crippen LogP contribution < -0.4 is 4.90 Å². The van der Waals surface area contributed by atoms with Crippen molar-refractivity contribution in [1.82, 2.24) is 0 Å². The highest BCUT2D eigenvalue weighted by atomic mass is 16.3. The predicted molar refractivity (Wildman–Crippen MR) is 214 cm³/mol. The molecule has 0 spiro atoms. The summed E-state index contributed by atoms with van der Waals surface area (Å²) >= 11 is 0. The summed E-state index contributed by atoms with van der Waals surface area (Å²) in [5, 5.41) is 4.62. The van der Waals surface area contributed by atoms with E-state index in [0.717, 1.165) is 50.1 Å². The Morgan fingerprint density at radius 3 is 1.82 bits per heavy atom. The van der Waals surface area contributed by atoms with E-state index in [1.54, 1.807) is 0 Å². The van der Waals surface area contributed by atoms with Crippen molar-refractivity contribution in [1.29, 1.82) is 0 Å². The quantitative estimate of drug-likeness (QED) is 0.184. The molecule has 0 saturated carbocycles. The lowest BCUT2D eigenvalue weighted by molar-refractivity contribution is 0.660. The molecule has 0 unspecified atom stereocenters. The van der Waals surface area contributed by atoms with Gasteiger partial charge in [-0.15, -0.1) is 0 Å². The van der Waals surface area contributed by atoms with Crippen molar-refractivity contribution in [3.8, 4) is 33.4 Å². The minimum atomic E-state index is -0.141. The van der Waals surface area contributed by atoms with Crippen LogP contribution in [0.25, 0.3) is 66.1 Å². The van der Waals surface area contributed by atoms with Gasteiger partial charge in [-0.2, -0.15) is 0 Å². The molecule has 0 atom stereocenters. The van der Waals surface area contributed by atoms with Crippen LogP contribution in [0.3, 0.4) is 0 Å². The fourth-order valence-corrected chi connectivity index (χ4v) is 8.37. The highest BCUT2D eigenvalue weighted by Crippen LogP contribution is 2.53. The Kier molecular flexibility index (Phi) is 6.56. The first-order valence-electron chi connectivity index (χ1n) is 17.7. The first-order chi connectivity index (χ1) is 25.1. The van der Waals surface area contributed by atoms with Gasteiger partial charge in [-0.1, -0.05) is 147 Å². The smallest absolute Gasteiger partial charge is 0.137 e. The van der Waals surface area contributed by atoms with Crippen LogP contribution in [-0.4, -0.2) is 0 Å². The summed E-state index contributed by atoms with van der Waals surface area (Å²) in [6.45, 7) is 4.71. The molecule has 0 saturated heterocycles. The van der Waals surface area contributed by atoms with E-state index >= 15 is 0 Å². The highest BCUT2D eigenvalue weighted by Gasteiger charge is 2.36. The van der Waals surface area contributed by atoms with E-state index in [0.29, 0.717) is 0 Å². The summed E-state index contributed by atoms with van der Waals surface area (Å²) < 4.78 is 6.71. The third-order valence-corrected chi connectivity index (χ3v) is 10.9. The van der Waals surface area contributed by atoms with Crippen molar-refractivity contribution in [3.63, 3.8) is 0 Å². The van der Waals surface area contributed by atoms with E-state index in [-0.39, 0.29) is 5.41 Å².